The lowest BCUT2D eigenvalue weighted by Gasteiger charge is -2.11. The molecule has 0 radical (unpaired) electrons. The summed E-state index contributed by atoms with van der Waals surface area (Å²) in [7, 11) is 0. The summed E-state index contributed by atoms with van der Waals surface area (Å²) in [6, 6.07) is 16.0. The molecule has 0 atom stereocenters. The van der Waals surface area contributed by atoms with Crippen LogP contribution in [0.25, 0.3) is 0 Å². The quantitative estimate of drug-likeness (QED) is 0.589. The summed E-state index contributed by atoms with van der Waals surface area (Å²) in [5.74, 6) is 0.592. The Morgan fingerprint density at radius 1 is 1.00 bits per heavy atom. The van der Waals surface area contributed by atoms with Gasteiger partial charge in [-0.2, -0.15) is 0 Å². The molecule has 1 aliphatic carbocycles. The highest BCUT2D eigenvalue weighted by Gasteiger charge is 2.29. The van der Waals surface area contributed by atoms with Crippen molar-refractivity contribution in [2.45, 2.75) is 24.0 Å². The molecule has 4 rings (SSSR count). The number of nitrogens with zero attached hydrogens (tertiary/aromatic N) is 2. The molecule has 28 heavy (non-hydrogen) atoms. The minimum atomic E-state index is -0.291. The number of carbonyl (C=O) groups is 2. The number of aromatic nitrogens is 2. The SMILES string of the molecule is O=C(CSc1nnc(C2CC2)o1)Nc1ccccc1C(=O)Nc1ccccc1. The highest BCUT2D eigenvalue weighted by atomic mass is 32.2. The van der Waals surface area contributed by atoms with E-state index in [0.717, 1.165) is 12.8 Å². The normalized spacial score (nSPS) is 13.1. The molecule has 0 unspecified atom stereocenters. The van der Waals surface area contributed by atoms with Gasteiger partial charge in [0.2, 0.25) is 11.8 Å². The summed E-state index contributed by atoms with van der Waals surface area (Å²) in [6.45, 7) is 0. The number of amides is 2. The van der Waals surface area contributed by atoms with Crippen LogP contribution in [-0.4, -0.2) is 27.8 Å². The fourth-order valence-electron chi connectivity index (χ4n) is 2.60. The summed E-state index contributed by atoms with van der Waals surface area (Å²) < 4.78 is 5.53. The van der Waals surface area contributed by atoms with Crippen LogP contribution in [0.4, 0.5) is 11.4 Å². The molecule has 0 aliphatic heterocycles. The molecule has 1 saturated carbocycles. The molecule has 142 valence electrons. The first-order valence-corrected chi connectivity index (χ1v) is 9.89. The Morgan fingerprint density at radius 2 is 1.75 bits per heavy atom. The van der Waals surface area contributed by atoms with E-state index in [-0.39, 0.29) is 17.6 Å². The lowest BCUT2D eigenvalue weighted by molar-refractivity contribution is -0.113. The molecule has 0 saturated heterocycles. The van der Waals surface area contributed by atoms with Crippen LogP contribution >= 0.6 is 11.8 Å². The number of rotatable bonds is 7. The van der Waals surface area contributed by atoms with Crippen molar-refractivity contribution in [3.05, 3.63) is 66.1 Å². The van der Waals surface area contributed by atoms with Gasteiger partial charge in [0, 0.05) is 11.6 Å². The second kappa shape index (κ2) is 8.26. The molecule has 8 heteroatoms. The Kier molecular flexibility index (Phi) is 5.38. The second-order valence-electron chi connectivity index (χ2n) is 6.38. The van der Waals surface area contributed by atoms with E-state index in [4.69, 9.17) is 4.42 Å². The van der Waals surface area contributed by atoms with Gasteiger partial charge < -0.3 is 15.1 Å². The molecule has 7 nitrogen and oxygen atoms in total. The van der Waals surface area contributed by atoms with Crippen LogP contribution in [0.1, 0.15) is 35.0 Å². The molecule has 0 spiro atoms. The third kappa shape index (κ3) is 4.58. The monoisotopic (exact) mass is 394 g/mol. The van der Waals surface area contributed by atoms with Gasteiger partial charge >= 0.3 is 0 Å². The van der Waals surface area contributed by atoms with Crippen LogP contribution in [0.3, 0.4) is 0 Å². The predicted octanol–water partition coefficient (Wildman–Crippen LogP) is 3.93. The number of hydrogen-bond donors (Lipinski definition) is 2. The van der Waals surface area contributed by atoms with E-state index in [1.54, 1.807) is 36.4 Å². The van der Waals surface area contributed by atoms with Crippen molar-refractivity contribution in [2.24, 2.45) is 0 Å². The van der Waals surface area contributed by atoms with Crippen molar-refractivity contribution in [1.82, 2.24) is 10.2 Å². The summed E-state index contributed by atoms with van der Waals surface area (Å²) in [5, 5.41) is 13.9. The zero-order valence-corrected chi connectivity index (χ0v) is 15.7. The number of hydrogen-bond acceptors (Lipinski definition) is 6. The number of carbonyl (C=O) groups excluding carboxylic acids is 2. The Balaban J connectivity index is 1.37. The summed E-state index contributed by atoms with van der Waals surface area (Å²) >= 11 is 1.18. The Bertz CT molecular complexity index is 986. The predicted molar refractivity (Wildman–Crippen MR) is 106 cm³/mol. The number of anilines is 2. The number of para-hydroxylation sites is 2. The Hall–Kier alpha value is -3.13. The molecule has 1 aliphatic rings. The molecule has 1 heterocycles. The van der Waals surface area contributed by atoms with Gasteiger partial charge in [-0.3, -0.25) is 9.59 Å². The lowest BCUT2D eigenvalue weighted by atomic mass is 10.1. The number of thioether (sulfide) groups is 1. The van der Waals surface area contributed by atoms with Gasteiger partial charge in [-0.25, -0.2) is 0 Å². The molecule has 1 aromatic heterocycles. The first-order valence-electron chi connectivity index (χ1n) is 8.90. The highest BCUT2D eigenvalue weighted by Crippen LogP contribution is 2.39. The van der Waals surface area contributed by atoms with Crippen LogP contribution in [0.2, 0.25) is 0 Å². The van der Waals surface area contributed by atoms with E-state index in [2.05, 4.69) is 20.8 Å². The minimum Gasteiger partial charge on any atom is -0.416 e. The molecule has 2 aromatic carbocycles. The maximum absolute atomic E-state index is 12.6. The maximum atomic E-state index is 12.6. The topological polar surface area (TPSA) is 97.1 Å². The maximum Gasteiger partial charge on any atom is 0.277 e. The lowest BCUT2D eigenvalue weighted by Crippen LogP contribution is -2.19. The van der Waals surface area contributed by atoms with Crippen LogP contribution in [0.5, 0.6) is 0 Å². The molecular weight excluding hydrogens is 376 g/mol. The van der Waals surface area contributed by atoms with Crippen LogP contribution in [0.15, 0.2) is 64.2 Å². The molecule has 1 fully saturated rings. The fraction of sp³-hybridized carbons (Fsp3) is 0.200. The minimum absolute atomic E-state index is 0.112. The molecule has 0 bridgehead atoms. The third-order valence-electron chi connectivity index (χ3n) is 4.15. The second-order valence-corrected chi connectivity index (χ2v) is 7.31. The van der Waals surface area contributed by atoms with Gasteiger partial charge in [0.05, 0.1) is 17.0 Å². The van der Waals surface area contributed by atoms with E-state index in [1.165, 1.54) is 11.8 Å². The Morgan fingerprint density at radius 3 is 2.54 bits per heavy atom. The Labute approximate surface area is 165 Å². The highest BCUT2D eigenvalue weighted by molar-refractivity contribution is 7.99. The number of nitrogens with one attached hydrogen (secondary N) is 2. The molecule has 2 N–H and O–H groups in total. The summed E-state index contributed by atoms with van der Waals surface area (Å²) in [5.41, 5.74) is 1.52. The number of benzene rings is 2. The van der Waals surface area contributed by atoms with Crippen molar-refractivity contribution in [3.63, 3.8) is 0 Å². The van der Waals surface area contributed by atoms with E-state index in [9.17, 15) is 9.59 Å². The van der Waals surface area contributed by atoms with Crippen LogP contribution < -0.4 is 10.6 Å². The van der Waals surface area contributed by atoms with Gasteiger partial charge in [0.15, 0.2) is 0 Å². The smallest absolute Gasteiger partial charge is 0.277 e. The average molecular weight is 394 g/mol. The van der Waals surface area contributed by atoms with Crippen LogP contribution in [0, 0.1) is 0 Å². The van der Waals surface area contributed by atoms with Crippen molar-refractivity contribution >= 4 is 35.0 Å². The van der Waals surface area contributed by atoms with E-state index in [0.29, 0.717) is 34.0 Å². The molecule has 3 aromatic rings. The van der Waals surface area contributed by atoms with Crippen molar-refractivity contribution in [2.75, 3.05) is 16.4 Å². The largest absolute Gasteiger partial charge is 0.416 e. The van der Waals surface area contributed by atoms with Crippen LogP contribution in [-0.2, 0) is 4.79 Å². The van der Waals surface area contributed by atoms with E-state index >= 15 is 0 Å². The average Bonchev–Trinajstić information content (AvgIpc) is 3.45. The van der Waals surface area contributed by atoms with Gasteiger partial charge in [0.25, 0.3) is 11.1 Å². The van der Waals surface area contributed by atoms with Gasteiger partial charge in [-0.15, -0.1) is 10.2 Å². The third-order valence-corrected chi connectivity index (χ3v) is 4.97. The first kappa shape index (κ1) is 18.2. The first-order chi connectivity index (χ1) is 13.7. The van der Waals surface area contributed by atoms with E-state index in [1.807, 2.05) is 18.2 Å². The van der Waals surface area contributed by atoms with Gasteiger partial charge in [-0.05, 0) is 37.1 Å². The molecular formula is C20H18N4O3S. The van der Waals surface area contributed by atoms with Crippen molar-refractivity contribution < 1.29 is 14.0 Å². The fourth-order valence-corrected chi connectivity index (χ4v) is 3.17. The zero-order chi connectivity index (χ0) is 19.3. The standard InChI is InChI=1S/C20H18N4O3S/c25-17(12-28-20-24-23-19(27-20)13-10-11-13)22-16-9-5-4-8-15(16)18(26)21-14-6-2-1-3-7-14/h1-9,13H,10-12H2,(H,21,26)(H,22,25). The van der Waals surface area contributed by atoms with Gasteiger partial charge in [-0.1, -0.05) is 42.1 Å². The van der Waals surface area contributed by atoms with Crippen molar-refractivity contribution in [1.29, 1.82) is 0 Å². The summed E-state index contributed by atoms with van der Waals surface area (Å²) in [6.07, 6.45) is 2.16. The summed E-state index contributed by atoms with van der Waals surface area (Å²) in [4.78, 5) is 24.9. The van der Waals surface area contributed by atoms with Gasteiger partial charge in [0.1, 0.15) is 0 Å². The van der Waals surface area contributed by atoms with E-state index < -0.39 is 0 Å². The van der Waals surface area contributed by atoms with Crippen molar-refractivity contribution in [3.8, 4) is 0 Å². The zero-order valence-electron chi connectivity index (χ0n) is 14.9. The molecule has 2 amide bonds.